The third-order valence-corrected chi connectivity index (χ3v) is 9.14. The summed E-state index contributed by atoms with van der Waals surface area (Å²) in [4.78, 5) is 30.7. The number of hydrogen-bond acceptors (Lipinski definition) is 5. The highest BCUT2D eigenvalue weighted by Crippen LogP contribution is 2.65. The second-order valence-corrected chi connectivity index (χ2v) is 10.9. The first kappa shape index (κ1) is 23.3. The van der Waals surface area contributed by atoms with Gasteiger partial charge in [-0.2, -0.15) is 0 Å². The minimum Gasteiger partial charge on any atom is -0.382 e. The molecule has 1 heterocycles. The zero-order valence-corrected chi connectivity index (χ0v) is 20.5. The summed E-state index contributed by atoms with van der Waals surface area (Å²) in [5.41, 5.74) is 1.03. The molecule has 3 atom stereocenters. The summed E-state index contributed by atoms with van der Waals surface area (Å²) < 4.78 is 7.13. The largest absolute Gasteiger partial charge is 0.382 e. The first-order chi connectivity index (χ1) is 15.3. The number of aromatic nitrogens is 2. The lowest BCUT2D eigenvalue weighted by molar-refractivity contribution is -0.120. The summed E-state index contributed by atoms with van der Waals surface area (Å²) in [6.07, 6.45) is 4.23. The first-order valence-electron chi connectivity index (χ1n) is 11.8. The van der Waals surface area contributed by atoms with E-state index in [-0.39, 0.29) is 34.1 Å². The normalized spacial score (nSPS) is 26.0. The van der Waals surface area contributed by atoms with Crippen LogP contribution in [0.5, 0.6) is 0 Å². The Bertz CT molecular complexity index is 1050. The second kappa shape index (κ2) is 9.18. The van der Waals surface area contributed by atoms with Gasteiger partial charge in [-0.15, -0.1) is 0 Å². The Morgan fingerprint density at radius 2 is 2.09 bits per heavy atom. The van der Waals surface area contributed by atoms with Crippen molar-refractivity contribution in [1.29, 1.82) is 0 Å². The van der Waals surface area contributed by atoms with Gasteiger partial charge < -0.3 is 10.1 Å². The van der Waals surface area contributed by atoms with E-state index in [1.165, 1.54) is 24.6 Å². The molecule has 0 aliphatic heterocycles. The molecule has 1 aromatic carbocycles. The fourth-order valence-electron chi connectivity index (χ4n) is 5.71. The number of carbonyl (C=O) groups is 1. The first-order valence-corrected chi connectivity index (χ1v) is 12.8. The van der Waals surface area contributed by atoms with Crippen LogP contribution >= 0.6 is 11.8 Å². The summed E-state index contributed by atoms with van der Waals surface area (Å²) in [7, 11) is 0. The van der Waals surface area contributed by atoms with Crippen molar-refractivity contribution in [3.63, 3.8) is 0 Å². The number of thioether (sulfide) groups is 1. The van der Waals surface area contributed by atoms with Crippen LogP contribution in [-0.2, 0) is 16.1 Å². The average molecular weight is 458 g/mol. The average Bonchev–Trinajstić information content (AvgIpc) is 3.10. The lowest BCUT2D eigenvalue weighted by Gasteiger charge is -2.39. The number of hydrogen-bond donors (Lipinski definition) is 1. The van der Waals surface area contributed by atoms with Gasteiger partial charge >= 0.3 is 0 Å². The van der Waals surface area contributed by atoms with Crippen LogP contribution in [0.1, 0.15) is 53.4 Å². The van der Waals surface area contributed by atoms with Gasteiger partial charge in [0.25, 0.3) is 5.56 Å². The molecule has 2 aliphatic rings. The summed E-state index contributed by atoms with van der Waals surface area (Å²) in [5.74, 6) is 0.962. The Hall–Kier alpha value is -1.86. The number of ether oxygens (including phenoxy) is 1. The molecule has 0 radical (unpaired) electrons. The van der Waals surface area contributed by atoms with Gasteiger partial charge in [-0.1, -0.05) is 44.7 Å². The van der Waals surface area contributed by atoms with Gasteiger partial charge in [0.05, 0.1) is 16.7 Å². The van der Waals surface area contributed by atoms with E-state index in [0.29, 0.717) is 41.7 Å². The van der Waals surface area contributed by atoms with E-state index in [2.05, 4.69) is 26.1 Å². The van der Waals surface area contributed by atoms with E-state index in [9.17, 15) is 9.59 Å². The van der Waals surface area contributed by atoms with Crippen LogP contribution in [0.25, 0.3) is 10.9 Å². The zero-order valence-electron chi connectivity index (χ0n) is 19.6. The summed E-state index contributed by atoms with van der Waals surface area (Å²) in [5, 5.41) is 4.52. The summed E-state index contributed by atoms with van der Waals surface area (Å²) >= 11 is 1.35. The molecule has 4 rings (SSSR count). The molecule has 2 saturated carbocycles. The van der Waals surface area contributed by atoms with E-state index in [4.69, 9.17) is 9.72 Å². The molecule has 1 aromatic heterocycles. The number of carbonyl (C=O) groups excluding carboxylic acids is 1. The third-order valence-electron chi connectivity index (χ3n) is 8.16. The SMILES string of the molecule is CCOCCCn1c(SCC(=O)NC2CC3CCC2(C)C3(C)C)nc2ccccc2c1=O. The van der Waals surface area contributed by atoms with Crippen molar-refractivity contribution in [2.45, 2.75) is 71.1 Å². The van der Waals surface area contributed by atoms with Crippen LogP contribution in [-0.4, -0.2) is 40.5 Å². The molecule has 2 fully saturated rings. The highest BCUT2D eigenvalue weighted by Gasteiger charge is 2.61. The van der Waals surface area contributed by atoms with Crippen LogP contribution in [0.3, 0.4) is 0 Å². The molecular formula is C25H35N3O3S. The van der Waals surface area contributed by atoms with Crippen LogP contribution in [0.15, 0.2) is 34.2 Å². The van der Waals surface area contributed by atoms with Gasteiger partial charge in [0.1, 0.15) is 0 Å². The predicted molar refractivity (Wildman–Crippen MR) is 129 cm³/mol. The number of benzene rings is 1. The van der Waals surface area contributed by atoms with Crippen molar-refractivity contribution in [2.24, 2.45) is 16.7 Å². The molecular weight excluding hydrogens is 422 g/mol. The number of para-hydroxylation sites is 1. The molecule has 6 nitrogen and oxygen atoms in total. The van der Waals surface area contributed by atoms with Crippen LogP contribution in [0, 0.1) is 16.7 Å². The van der Waals surface area contributed by atoms with Gasteiger partial charge in [0.2, 0.25) is 5.91 Å². The van der Waals surface area contributed by atoms with Crippen molar-refractivity contribution in [3.05, 3.63) is 34.6 Å². The molecule has 32 heavy (non-hydrogen) atoms. The maximum atomic E-state index is 13.1. The molecule has 3 unspecified atom stereocenters. The topological polar surface area (TPSA) is 73.2 Å². The number of fused-ring (bicyclic) bond motifs is 3. The molecule has 2 aromatic rings. The van der Waals surface area contributed by atoms with Gasteiger partial charge in [-0.25, -0.2) is 4.98 Å². The maximum absolute atomic E-state index is 13.1. The van der Waals surface area contributed by atoms with Crippen molar-refractivity contribution < 1.29 is 9.53 Å². The van der Waals surface area contributed by atoms with Gasteiger partial charge in [-0.3, -0.25) is 14.2 Å². The minimum absolute atomic E-state index is 0.0212. The van der Waals surface area contributed by atoms with Crippen LogP contribution in [0.4, 0.5) is 0 Å². The Labute approximate surface area is 194 Å². The standard InChI is InChI=1S/C25H35N3O3S/c1-5-31-14-8-13-28-22(30)18-9-6-7-10-19(18)26-23(28)32-16-21(29)27-20-15-17-11-12-25(20,4)24(17,2)3/h6-7,9-10,17,20H,5,8,11-16H2,1-4H3,(H,27,29). The van der Waals surface area contributed by atoms with Crippen LogP contribution < -0.4 is 10.9 Å². The molecule has 1 amide bonds. The summed E-state index contributed by atoms with van der Waals surface area (Å²) in [6.45, 7) is 10.8. The number of amides is 1. The molecule has 0 spiro atoms. The zero-order chi connectivity index (χ0) is 22.9. The lowest BCUT2D eigenvalue weighted by Crippen LogP contribution is -2.47. The van der Waals surface area contributed by atoms with E-state index in [1.54, 1.807) is 4.57 Å². The number of rotatable bonds is 9. The molecule has 1 N–H and O–H groups in total. The molecule has 0 saturated heterocycles. The Morgan fingerprint density at radius 1 is 1.31 bits per heavy atom. The second-order valence-electron chi connectivity index (χ2n) is 9.94. The smallest absolute Gasteiger partial charge is 0.262 e. The molecule has 7 heteroatoms. The van der Waals surface area contributed by atoms with Crippen molar-refractivity contribution >= 4 is 28.6 Å². The van der Waals surface area contributed by atoms with Gasteiger partial charge in [-0.05, 0) is 61.5 Å². The van der Waals surface area contributed by atoms with Crippen LogP contribution in [0.2, 0.25) is 0 Å². The highest BCUT2D eigenvalue weighted by atomic mass is 32.2. The van der Waals surface area contributed by atoms with Crippen molar-refractivity contribution in [1.82, 2.24) is 14.9 Å². The van der Waals surface area contributed by atoms with Gasteiger partial charge in [0, 0.05) is 25.8 Å². The fraction of sp³-hybridized carbons (Fsp3) is 0.640. The number of nitrogens with one attached hydrogen (secondary N) is 1. The Morgan fingerprint density at radius 3 is 2.78 bits per heavy atom. The Kier molecular flexibility index (Phi) is 6.68. The van der Waals surface area contributed by atoms with E-state index in [0.717, 1.165) is 12.8 Å². The molecule has 174 valence electrons. The monoisotopic (exact) mass is 457 g/mol. The van der Waals surface area contributed by atoms with Crippen molar-refractivity contribution in [3.8, 4) is 0 Å². The van der Waals surface area contributed by atoms with E-state index < -0.39 is 0 Å². The quantitative estimate of drug-likeness (QED) is 0.346. The molecule has 2 bridgehead atoms. The number of nitrogens with zero attached hydrogens (tertiary/aromatic N) is 2. The third kappa shape index (κ3) is 4.10. The van der Waals surface area contributed by atoms with E-state index in [1.807, 2.05) is 31.2 Å². The molecule has 2 aliphatic carbocycles. The Balaban J connectivity index is 1.47. The maximum Gasteiger partial charge on any atom is 0.262 e. The fourth-order valence-corrected chi connectivity index (χ4v) is 6.55. The lowest BCUT2D eigenvalue weighted by atomic mass is 9.69. The highest BCUT2D eigenvalue weighted by molar-refractivity contribution is 7.99. The predicted octanol–water partition coefficient (Wildman–Crippen LogP) is 4.25. The summed E-state index contributed by atoms with van der Waals surface area (Å²) in [6, 6.07) is 7.62. The minimum atomic E-state index is -0.0580. The van der Waals surface area contributed by atoms with Gasteiger partial charge in [0.15, 0.2) is 5.16 Å². The van der Waals surface area contributed by atoms with Crippen molar-refractivity contribution in [2.75, 3.05) is 19.0 Å². The van der Waals surface area contributed by atoms with E-state index >= 15 is 0 Å².